The molecule has 0 aliphatic rings. The Bertz CT molecular complexity index is 293. The molecule has 1 aromatic rings. The van der Waals surface area contributed by atoms with E-state index in [0.717, 1.165) is 16.8 Å². The quantitative estimate of drug-likeness (QED) is 0.634. The fraction of sp³-hybridized carbons (Fsp3) is 0.300. The van der Waals surface area contributed by atoms with Gasteiger partial charge in [-0.3, -0.25) is 4.99 Å². The van der Waals surface area contributed by atoms with Gasteiger partial charge in [0.1, 0.15) is 5.75 Å². The van der Waals surface area contributed by atoms with Gasteiger partial charge in [0.25, 0.3) is 0 Å². The average molecular weight is 163 g/mol. The Morgan fingerprint density at radius 1 is 1.33 bits per heavy atom. The standard InChI is InChI=1S/C10H13NO/c1-4-11-9-5-7(2)8(3)10(12)6-9/h4-6,12H,1-3H3. The van der Waals surface area contributed by atoms with Gasteiger partial charge in [-0.25, -0.2) is 0 Å². The zero-order valence-electron chi connectivity index (χ0n) is 7.63. The highest BCUT2D eigenvalue weighted by Gasteiger charge is 2.00. The lowest BCUT2D eigenvalue weighted by atomic mass is 10.1. The topological polar surface area (TPSA) is 32.6 Å². The highest BCUT2D eigenvalue weighted by atomic mass is 16.3. The van der Waals surface area contributed by atoms with Crippen molar-refractivity contribution in [3.8, 4) is 5.75 Å². The zero-order valence-corrected chi connectivity index (χ0v) is 7.63. The average Bonchev–Trinajstić information content (AvgIpc) is 2.01. The summed E-state index contributed by atoms with van der Waals surface area (Å²) < 4.78 is 0. The molecule has 0 aliphatic heterocycles. The summed E-state index contributed by atoms with van der Waals surface area (Å²) in [6.45, 7) is 5.71. The van der Waals surface area contributed by atoms with Crippen molar-refractivity contribution in [1.29, 1.82) is 0 Å². The Labute approximate surface area is 72.6 Å². The molecule has 64 valence electrons. The van der Waals surface area contributed by atoms with Crippen LogP contribution in [0, 0.1) is 13.8 Å². The van der Waals surface area contributed by atoms with Gasteiger partial charge >= 0.3 is 0 Å². The number of aryl methyl sites for hydroxylation is 1. The summed E-state index contributed by atoms with van der Waals surface area (Å²) in [5, 5.41) is 9.43. The molecule has 1 N–H and O–H groups in total. The van der Waals surface area contributed by atoms with Crippen LogP contribution in [0.25, 0.3) is 0 Å². The third-order valence-corrected chi connectivity index (χ3v) is 1.90. The van der Waals surface area contributed by atoms with E-state index >= 15 is 0 Å². The van der Waals surface area contributed by atoms with Gasteiger partial charge in [0.2, 0.25) is 0 Å². The third kappa shape index (κ3) is 1.64. The van der Waals surface area contributed by atoms with Crippen molar-refractivity contribution in [1.82, 2.24) is 0 Å². The predicted molar refractivity (Wildman–Crippen MR) is 51.4 cm³/mol. The van der Waals surface area contributed by atoms with Crippen molar-refractivity contribution in [2.24, 2.45) is 4.99 Å². The van der Waals surface area contributed by atoms with Crippen molar-refractivity contribution in [2.75, 3.05) is 0 Å². The van der Waals surface area contributed by atoms with Crippen molar-refractivity contribution >= 4 is 11.9 Å². The van der Waals surface area contributed by atoms with Gasteiger partial charge in [0.15, 0.2) is 0 Å². The van der Waals surface area contributed by atoms with Gasteiger partial charge in [-0.2, -0.15) is 0 Å². The molecule has 0 fully saturated rings. The first kappa shape index (κ1) is 8.78. The minimum absolute atomic E-state index is 0.315. The molecule has 0 aliphatic carbocycles. The van der Waals surface area contributed by atoms with Crippen LogP contribution in [0.3, 0.4) is 0 Å². The van der Waals surface area contributed by atoms with Gasteiger partial charge in [-0.05, 0) is 38.0 Å². The first-order valence-electron chi connectivity index (χ1n) is 3.94. The van der Waals surface area contributed by atoms with E-state index in [4.69, 9.17) is 0 Å². The summed E-state index contributed by atoms with van der Waals surface area (Å²) in [4.78, 5) is 4.08. The maximum absolute atomic E-state index is 9.43. The first-order valence-corrected chi connectivity index (χ1v) is 3.94. The van der Waals surface area contributed by atoms with E-state index in [1.165, 1.54) is 0 Å². The van der Waals surface area contributed by atoms with Crippen LogP contribution in [0.4, 0.5) is 5.69 Å². The van der Waals surface area contributed by atoms with Crippen LogP contribution < -0.4 is 0 Å². The number of aliphatic imine (C=N–C) groups is 1. The monoisotopic (exact) mass is 163 g/mol. The molecule has 1 rings (SSSR count). The van der Waals surface area contributed by atoms with E-state index in [-0.39, 0.29) is 0 Å². The fourth-order valence-electron chi connectivity index (χ4n) is 1.05. The number of benzene rings is 1. The van der Waals surface area contributed by atoms with E-state index in [1.54, 1.807) is 12.3 Å². The van der Waals surface area contributed by atoms with Crippen LogP contribution in [-0.4, -0.2) is 11.3 Å². The Hall–Kier alpha value is -1.31. The lowest BCUT2D eigenvalue weighted by Gasteiger charge is -2.03. The van der Waals surface area contributed by atoms with Crippen LogP contribution >= 0.6 is 0 Å². The zero-order chi connectivity index (χ0) is 9.14. The maximum Gasteiger partial charge on any atom is 0.120 e. The Morgan fingerprint density at radius 3 is 2.50 bits per heavy atom. The van der Waals surface area contributed by atoms with Crippen LogP contribution in [-0.2, 0) is 0 Å². The normalized spacial score (nSPS) is 10.9. The SMILES string of the molecule is CC=Nc1cc(C)c(C)c(O)c1. The van der Waals surface area contributed by atoms with Crippen LogP contribution in [0.5, 0.6) is 5.75 Å². The number of phenolic OH excluding ortho intramolecular Hbond substituents is 1. The van der Waals surface area contributed by atoms with E-state index in [0.29, 0.717) is 5.75 Å². The fourth-order valence-corrected chi connectivity index (χ4v) is 1.05. The summed E-state index contributed by atoms with van der Waals surface area (Å²) in [6, 6.07) is 3.62. The Morgan fingerprint density at radius 2 is 2.00 bits per heavy atom. The highest BCUT2D eigenvalue weighted by molar-refractivity contribution is 5.62. The second-order valence-electron chi connectivity index (χ2n) is 2.79. The number of rotatable bonds is 1. The molecule has 1 aromatic carbocycles. The van der Waals surface area contributed by atoms with Crippen molar-refractivity contribution in [3.05, 3.63) is 23.3 Å². The third-order valence-electron chi connectivity index (χ3n) is 1.90. The van der Waals surface area contributed by atoms with E-state index in [9.17, 15) is 5.11 Å². The molecule has 0 saturated carbocycles. The molecule has 0 bridgehead atoms. The minimum Gasteiger partial charge on any atom is -0.508 e. The second-order valence-corrected chi connectivity index (χ2v) is 2.79. The van der Waals surface area contributed by atoms with Crippen molar-refractivity contribution in [3.63, 3.8) is 0 Å². The lowest BCUT2D eigenvalue weighted by molar-refractivity contribution is 0.471. The molecule has 0 saturated heterocycles. The molecule has 2 heteroatoms. The van der Waals surface area contributed by atoms with E-state index < -0.39 is 0 Å². The van der Waals surface area contributed by atoms with E-state index in [2.05, 4.69) is 4.99 Å². The van der Waals surface area contributed by atoms with Crippen molar-refractivity contribution in [2.45, 2.75) is 20.8 Å². The number of hydrogen-bond acceptors (Lipinski definition) is 2. The van der Waals surface area contributed by atoms with Gasteiger partial charge in [0, 0.05) is 12.3 Å². The summed E-state index contributed by atoms with van der Waals surface area (Å²) in [6.07, 6.45) is 1.71. The summed E-state index contributed by atoms with van der Waals surface area (Å²) >= 11 is 0. The largest absolute Gasteiger partial charge is 0.508 e. The smallest absolute Gasteiger partial charge is 0.120 e. The van der Waals surface area contributed by atoms with E-state index in [1.807, 2.05) is 26.8 Å². The predicted octanol–water partition coefficient (Wildman–Crippen LogP) is 2.73. The number of nitrogens with zero attached hydrogens (tertiary/aromatic N) is 1. The van der Waals surface area contributed by atoms with Crippen LogP contribution in [0.2, 0.25) is 0 Å². The molecule has 0 radical (unpaired) electrons. The number of aromatic hydroxyl groups is 1. The molecule has 0 unspecified atom stereocenters. The van der Waals surface area contributed by atoms with Gasteiger partial charge < -0.3 is 5.11 Å². The highest BCUT2D eigenvalue weighted by Crippen LogP contribution is 2.26. The molecular weight excluding hydrogens is 150 g/mol. The minimum atomic E-state index is 0.315. The molecule has 0 aromatic heterocycles. The second kappa shape index (κ2) is 3.39. The van der Waals surface area contributed by atoms with Crippen LogP contribution in [0.15, 0.2) is 17.1 Å². The van der Waals surface area contributed by atoms with Crippen LogP contribution in [0.1, 0.15) is 18.1 Å². The van der Waals surface area contributed by atoms with Gasteiger partial charge in [-0.1, -0.05) is 0 Å². The molecule has 12 heavy (non-hydrogen) atoms. The number of phenols is 1. The lowest BCUT2D eigenvalue weighted by Crippen LogP contribution is -1.80. The molecule has 2 nitrogen and oxygen atoms in total. The number of hydrogen-bond donors (Lipinski definition) is 1. The van der Waals surface area contributed by atoms with Gasteiger partial charge in [-0.15, -0.1) is 0 Å². The molecule has 0 atom stereocenters. The summed E-state index contributed by atoms with van der Waals surface area (Å²) in [7, 11) is 0. The summed E-state index contributed by atoms with van der Waals surface area (Å²) in [5.41, 5.74) is 2.79. The summed E-state index contributed by atoms with van der Waals surface area (Å²) in [5.74, 6) is 0.315. The van der Waals surface area contributed by atoms with Gasteiger partial charge in [0.05, 0.1) is 5.69 Å². The maximum atomic E-state index is 9.43. The van der Waals surface area contributed by atoms with Crippen molar-refractivity contribution < 1.29 is 5.11 Å². The molecule has 0 heterocycles. The molecule has 0 spiro atoms. The first-order chi connectivity index (χ1) is 5.65. The Kier molecular flexibility index (Phi) is 2.48. The molecule has 0 amide bonds. The Balaban J connectivity index is 3.21. The molecular formula is C10H13NO.